The van der Waals surface area contributed by atoms with Crippen molar-refractivity contribution in [1.82, 2.24) is 19.6 Å². The minimum Gasteiger partial charge on any atom is -0.284 e. The van der Waals surface area contributed by atoms with Crippen LogP contribution >= 0.6 is 27.3 Å². The quantitative estimate of drug-likeness (QED) is 0.639. The highest BCUT2D eigenvalue weighted by Gasteiger charge is 2.30. The summed E-state index contributed by atoms with van der Waals surface area (Å²) in [4.78, 5) is 18.5. The zero-order chi connectivity index (χ0) is 16.1. The predicted octanol–water partition coefficient (Wildman–Crippen LogP) is 2.91. The standard InChI is InChI=1S/C15H14BrN5OS/c1-9-8-23-12-3-4-21(19(2)14(9)12)15(22)11-5-13-17-6-10(16)7-20(13)18-11/h5-8H,3-4H2,1-2H3. The van der Waals surface area contributed by atoms with Crippen molar-refractivity contribution in [3.63, 3.8) is 0 Å². The largest absolute Gasteiger partial charge is 0.292 e. The minimum absolute atomic E-state index is 0.106. The highest BCUT2D eigenvalue weighted by molar-refractivity contribution is 9.10. The maximum Gasteiger partial charge on any atom is 0.292 e. The molecule has 0 aromatic carbocycles. The molecule has 8 heteroatoms. The van der Waals surface area contributed by atoms with Gasteiger partial charge in [-0.25, -0.2) is 14.5 Å². The summed E-state index contributed by atoms with van der Waals surface area (Å²) in [7, 11) is 1.93. The van der Waals surface area contributed by atoms with E-state index in [-0.39, 0.29) is 5.91 Å². The number of rotatable bonds is 1. The van der Waals surface area contributed by atoms with E-state index in [0.717, 1.165) is 16.6 Å². The molecule has 6 nitrogen and oxygen atoms in total. The number of carbonyl (C=O) groups is 1. The van der Waals surface area contributed by atoms with Crippen molar-refractivity contribution in [2.24, 2.45) is 0 Å². The second kappa shape index (κ2) is 5.31. The monoisotopic (exact) mass is 391 g/mol. The van der Waals surface area contributed by atoms with Crippen LogP contribution in [0.4, 0.5) is 5.69 Å². The van der Waals surface area contributed by atoms with Gasteiger partial charge in [0, 0.05) is 43.4 Å². The predicted molar refractivity (Wildman–Crippen MR) is 92.9 cm³/mol. The molecule has 0 fully saturated rings. The Morgan fingerprint density at radius 1 is 1.43 bits per heavy atom. The van der Waals surface area contributed by atoms with Gasteiger partial charge in [-0.2, -0.15) is 5.10 Å². The Hall–Kier alpha value is -1.93. The molecule has 0 atom stereocenters. The van der Waals surface area contributed by atoms with Crippen LogP contribution in [0.5, 0.6) is 0 Å². The van der Waals surface area contributed by atoms with E-state index in [2.05, 4.69) is 38.3 Å². The maximum absolute atomic E-state index is 12.9. The lowest BCUT2D eigenvalue weighted by molar-refractivity contribution is 0.0733. The van der Waals surface area contributed by atoms with Crippen LogP contribution in [0.15, 0.2) is 28.3 Å². The third-order valence-corrected chi connectivity index (χ3v) is 5.55. The summed E-state index contributed by atoms with van der Waals surface area (Å²) in [6.07, 6.45) is 4.36. The average molecular weight is 392 g/mol. The van der Waals surface area contributed by atoms with Crippen LogP contribution < -0.4 is 5.01 Å². The number of hydrogen-bond donors (Lipinski definition) is 0. The Kier molecular flexibility index (Phi) is 3.38. The summed E-state index contributed by atoms with van der Waals surface area (Å²) in [6.45, 7) is 2.74. The molecular weight excluding hydrogens is 378 g/mol. The fourth-order valence-corrected chi connectivity index (χ4v) is 4.25. The van der Waals surface area contributed by atoms with Gasteiger partial charge in [0.1, 0.15) is 0 Å². The number of hydrazine groups is 1. The molecule has 118 valence electrons. The van der Waals surface area contributed by atoms with Crippen molar-refractivity contribution in [2.75, 3.05) is 18.6 Å². The third kappa shape index (κ3) is 2.33. The molecule has 4 rings (SSSR count). The van der Waals surface area contributed by atoms with Crippen LogP contribution in [0.2, 0.25) is 0 Å². The first-order valence-corrected chi connectivity index (χ1v) is 8.85. The van der Waals surface area contributed by atoms with Crippen molar-refractivity contribution >= 4 is 44.5 Å². The molecule has 23 heavy (non-hydrogen) atoms. The summed E-state index contributed by atoms with van der Waals surface area (Å²) in [5, 5.41) is 10.2. The molecule has 3 aromatic heterocycles. The number of halogens is 1. The van der Waals surface area contributed by atoms with Crippen molar-refractivity contribution < 1.29 is 4.79 Å². The van der Waals surface area contributed by atoms with E-state index >= 15 is 0 Å². The number of aromatic nitrogens is 3. The maximum atomic E-state index is 12.9. The van der Waals surface area contributed by atoms with Crippen LogP contribution in [0, 0.1) is 6.92 Å². The molecule has 0 spiro atoms. The van der Waals surface area contributed by atoms with Crippen LogP contribution in [0.3, 0.4) is 0 Å². The molecule has 1 aliphatic rings. The first-order valence-electron chi connectivity index (χ1n) is 7.18. The summed E-state index contributed by atoms with van der Waals surface area (Å²) in [6, 6.07) is 1.72. The molecule has 0 N–H and O–H groups in total. The summed E-state index contributed by atoms with van der Waals surface area (Å²) in [5.74, 6) is -0.106. The highest BCUT2D eigenvalue weighted by Crippen LogP contribution is 2.35. The molecule has 0 saturated carbocycles. The minimum atomic E-state index is -0.106. The number of nitrogens with zero attached hydrogens (tertiary/aromatic N) is 5. The van der Waals surface area contributed by atoms with Gasteiger partial charge in [-0.05, 0) is 33.8 Å². The number of anilines is 1. The normalized spacial score (nSPS) is 14.4. The van der Waals surface area contributed by atoms with Crippen molar-refractivity contribution in [1.29, 1.82) is 0 Å². The zero-order valence-electron chi connectivity index (χ0n) is 12.7. The fraction of sp³-hybridized carbons (Fsp3) is 0.267. The molecule has 3 aromatic rings. The Morgan fingerprint density at radius 3 is 3.09 bits per heavy atom. The van der Waals surface area contributed by atoms with E-state index in [4.69, 9.17) is 0 Å². The molecule has 0 unspecified atom stereocenters. The second-order valence-electron chi connectivity index (χ2n) is 5.50. The number of thiophene rings is 1. The van der Waals surface area contributed by atoms with Crippen LogP contribution in [0.1, 0.15) is 20.9 Å². The van der Waals surface area contributed by atoms with E-state index < -0.39 is 0 Å². The van der Waals surface area contributed by atoms with Crippen LogP contribution in [-0.4, -0.2) is 39.1 Å². The van der Waals surface area contributed by atoms with E-state index in [0.29, 0.717) is 17.9 Å². The summed E-state index contributed by atoms with van der Waals surface area (Å²) < 4.78 is 2.43. The molecular formula is C15H14BrN5OS. The number of fused-ring (bicyclic) bond motifs is 2. The van der Waals surface area contributed by atoms with Crippen LogP contribution in [-0.2, 0) is 6.42 Å². The molecule has 4 heterocycles. The van der Waals surface area contributed by atoms with E-state index in [9.17, 15) is 4.79 Å². The first-order chi connectivity index (χ1) is 11.0. The molecule has 0 aliphatic carbocycles. The number of carbonyl (C=O) groups excluding carboxylic acids is 1. The summed E-state index contributed by atoms with van der Waals surface area (Å²) >= 11 is 5.12. The lowest BCUT2D eigenvalue weighted by Crippen LogP contribution is -2.48. The van der Waals surface area contributed by atoms with E-state index in [1.54, 1.807) is 39.3 Å². The van der Waals surface area contributed by atoms with E-state index in [1.165, 1.54) is 10.4 Å². The van der Waals surface area contributed by atoms with Gasteiger partial charge in [-0.1, -0.05) is 0 Å². The number of aryl methyl sites for hydroxylation is 1. The Balaban J connectivity index is 1.69. The Labute approximate surface area is 145 Å². The smallest absolute Gasteiger partial charge is 0.284 e. The van der Waals surface area contributed by atoms with Crippen molar-refractivity contribution in [2.45, 2.75) is 13.3 Å². The van der Waals surface area contributed by atoms with Gasteiger partial charge in [-0.3, -0.25) is 9.80 Å². The number of amides is 1. The zero-order valence-corrected chi connectivity index (χ0v) is 15.1. The van der Waals surface area contributed by atoms with Gasteiger partial charge in [0.25, 0.3) is 5.91 Å². The Morgan fingerprint density at radius 2 is 2.26 bits per heavy atom. The molecule has 0 radical (unpaired) electrons. The van der Waals surface area contributed by atoms with Gasteiger partial charge in [-0.15, -0.1) is 11.3 Å². The van der Waals surface area contributed by atoms with Gasteiger partial charge in [0.15, 0.2) is 11.3 Å². The lowest BCUT2D eigenvalue weighted by Gasteiger charge is -2.37. The number of hydrogen-bond acceptors (Lipinski definition) is 5. The highest BCUT2D eigenvalue weighted by atomic mass is 79.9. The SMILES string of the molecule is Cc1csc2c1N(C)N(C(=O)c1cc3ncc(Br)cn3n1)CC2. The van der Waals surface area contributed by atoms with Gasteiger partial charge in [0.05, 0.1) is 10.2 Å². The fourth-order valence-electron chi connectivity index (χ4n) is 2.91. The molecule has 1 amide bonds. The third-order valence-electron chi connectivity index (χ3n) is 3.99. The summed E-state index contributed by atoms with van der Waals surface area (Å²) in [5.41, 5.74) is 3.40. The van der Waals surface area contributed by atoms with Crippen molar-refractivity contribution in [3.8, 4) is 0 Å². The van der Waals surface area contributed by atoms with Gasteiger partial charge < -0.3 is 0 Å². The average Bonchev–Trinajstić information content (AvgIpc) is 3.11. The van der Waals surface area contributed by atoms with Gasteiger partial charge >= 0.3 is 0 Å². The topological polar surface area (TPSA) is 53.7 Å². The first kappa shape index (κ1) is 14.6. The van der Waals surface area contributed by atoms with Crippen LogP contribution in [0.25, 0.3) is 5.65 Å². The molecule has 1 aliphatic heterocycles. The van der Waals surface area contributed by atoms with Gasteiger partial charge in [0.2, 0.25) is 0 Å². The molecule has 0 bridgehead atoms. The second-order valence-corrected chi connectivity index (χ2v) is 7.38. The van der Waals surface area contributed by atoms with Crippen molar-refractivity contribution in [3.05, 3.63) is 44.4 Å². The van der Waals surface area contributed by atoms with E-state index in [1.807, 2.05) is 12.1 Å². The molecule has 0 saturated heterocycles. The Bertz CT molecular complexity index is 918. The lowest BCUT2D eigenvalue weighted by atomic mass is 10.2.